The molecule has 0 saturated carbocycles. The first kappa shape index (κ1) is 16.7. The van der Waals surface area contributed by atoms with E-state index in [1.807, 2.05) is 18.2 Å². The van der Waals surface area contributed by atoms with E-state index in [4.69, 9.17) is 5.73 Å². The fraction of sp³-hybridized carbons (Fsp3) is 0.588. The van der Waals surface area contributed by atoms with Crippen molar-refractivity contribution in [3.63, 3.8) is 0 Å². The highest BCUT2D eigenvalue weighted by Crippen LogP contribution is 2.22. The summed E-state index contributed by atoms with van der Waals surface area (Å²) in [5.41, 5.74) is 8.31. The van der Waals surface area contributed by atoms with Crippen molar-refractivity contribution in [1.82, 2.24) is 0 Å². The van der Waals surface area contributed by atoms with Crippen molar-refractivity contribution in [2.24, 2.45) is 11.1 Å². The van der Waals surface area contributed by atoms with Gasteiger partial charge in [0, 0.05) is 18.2 Å². The molecule has 0 bridgehead atoms. The van der Waals surface area contributed by atoms with Crippen LogP contribution in [0.5, 0.6) is 0 Å². The minimum Gasteiger partial charge on any atom is -0.327 e. The average molecular weight is 276 g/mol. The summed E-state index contributed by atoms with van der Waals surface area (Å²) in [5.74, 6) is 0.00491. The SMILES string of the molecule is CCCc1ccccc1NC(=O)CC(N)CC(C)(C)C. The van der Waals surface area contributed by atoms with E-state index < -0.39 is 0 Å². The van der Waals surface area contributed by atoms with E-state index in [9.17, 15) is 4.79 Å². The molecule has 3 heteroatoms. The Morgan fingerprint density at radius 3 is 2.55 bits per heavy atom. The number of nitrogens with two attached hydrogens (primary N) is 1. The minimum absolute atomic E-state index is 0.00491. The Kier molecular flexibility index (Phi) is 6.21. The number of hydrogen-bond donors (Lipinski definition) is 2. The molecular weight excluding hydrogens is 248 g/mol. The smallest absolute Gasteiger partial charge is 0.225 e. The van der Waals surface area contributed by atoms with Crippen molar-refractivity contribution in [2.45, 2.75) is 59.4 Å². The highest BCUT2D eigenvalue weighted by molar-refractivity contribution is 5.91. The normalized spacial score (nSPS) is 13.1. The van der Waals surface area contributed by atoms with Gasteiger partial charge in [-0.1, -0.05) is 52.3 Å². The molecule has 0 fully saturated rings. The van der Waals surface area contributed by atoms with Gasteiger partial charge in [0.25, 0.3) is 0 Å². The van der Waals surface area contributed by atoms with Gasteiger partial charge in [-0.05, 0) is 29.9 Å². The van der Waals surface area contributed by atoms with Crippen molar-refractivity contribution >= 4 is 11.6 Å². The quantitative estimate of drug-likeness (QED) is 0.831. The van der Waals surface area contributed by atoms with Gasteiger partial charge in [-0.2, -0.15) is 0 Å². The van der Waals surface area contributed by atoms with Crippen LogP contribution in [0.4, 0.5) is 5.69 Å². The molecule has 20 heavy (non-hydrogen) atoms. The molecule has 0 aliphatic carbocycles. The Morgan fingerprint density at radius 2 is 1.95 bits per heavy atom. The van der Waals surface area contributed by atoms with Crippen molar-refractivity contribution in [3.05, 3.63) is 29.8 Å². The lowest BCUT2D eigenvalue weighted by Gasteiger charge is -2.22. The summed E-state index contributed by atoms with van der Waals surface area (Å²) < 4.78 is 0. The van der Waals surface area contributed by atoms with Crippen LogP contribution in [-0.4, -0.2) is 11.9 Å². The van der Waals surface area contributed by atoms with Crippen LogP contribution in [0, 0.1) is 5.41 Å². The van der Waals surface area contributed by atoms with E-state index in [2.05, 4.69) is 39.1 Å². The number of amides is 1. The largest absolute Gasteiger partial charge is 0.327 e. The van der Waals surface area contributed by atoms with E-state index in [0.717, 1.165) is 24.9 Å². The first-order valence-corrected chi connectivity index (χ1v) is 7.45. The third kappa shape index (κ3) is 6.20. The minimum atomic E-state index is -0.0895. The van der Waals surface area contributed by atoms with E-state index in [1.165, 1.54) is 5.56 Å². The standard InChI is InChI=1S/C17H28N2O/c1-5-8-13-9-6-7-10-15(13)19-16(20)11-14(18)12-17(2,3)4/h6-7,9-10,14H,5,8,11-12,18H2,1-4H3,(H,19,20). The maximum atomic E-state index is 12.1. The Hall–Kier alpha value is -1.35. The van der Waals surface area contributed by atoms with Gasteiger partial charge in [0.05, 0.1) is 0 Å². The van der Waals surface area contributed by atoms with Crippen LogP contribution in [0.25, 0.3) is 0 Å². The van der Waals surface area contributed by atoms with E-state index in [0.29, 0.717) is 6.42 Å². The van der Waals surface area contributed by atoms with Crippen LogP contribution in [0.3, 0.4) is 0 Å². The Balaban J connectivity index is 2.58. The van der Waals surface area contributed by atoms with E-state index in [-0.39, 0.29) is 17.4 Å². The first-order valence-electron chi connectivity index (χ1n) is 7.45. The lowest BCUT2D eigenvalue weighted by molar-refractivity contribution is -0.116. The number of para-hydroxylation sites is 1. The number of aryl methyl sites for hydroxylation is 1. The summed E-state index contributed by atoms with van der Waals surface area (Å²) in [6.07, 6.45) is 3.26. The predicted octanol–water partition coefficient (Wildman–Crippen LogP) is 3.73. The summed E-state index contributed by atoms with van der Waals surface area (Å²) in [6, 6.07) is 7.88. The Labute approximate surface area is 122 Å². The molecule has 1 aromatic rings. The number of nitrogens with one attached hydrogen (secondary N) is 1. The topological polar surface area (TPSA) is 55.1 Å². The number of rotatable bonds is 6. The number of carbonyl (C=O) groups excluding carboxylic acids is 1. The molecule has 0 aliphatic rings. The van der Waals surface area contributed by atoms with Crippen LogP contribution in [0.15, 0.2) is 24.3 Å². The molecule has 1 atom stereocenters. The van der Waals surface area contributed by atoms with E-state index >= 15 is 0 Å². The highest BCUT2D eigenvalue weighted by Gasteiger charge is 2.18. The predicted molar refractivity (Wildman–Crippen MR) is 85.7 cm³/mol. The second-order valence-corrected chi connectivity index (χ2v) is 6.68. The fourth-order valence-corrected chi connectivity index (χ4v) is 2.43. The zero-order chi connectivity index (χ0) is 15.2. The molecule has 0 saturated heterocycles. The van der Waals surface area contributed by atoms with Gasteiger partial charge in [-0.25, -0.2) is 0 Å². The molecule has 0 spiro atoms. The number of anilines is 1. The van der Waals surface area contributed by atoms with Gasteiger partial charge < -0.3 is 11.1 Å². The molecule has 0 radical (unpaired) electrons. The molecule has 1 aromatic carbocycles. The van der Waals surface area contributed by atoms with Crippen LogP contribution < -0.4 is 11.1 Å². The molecule has 3 N–H and O–H groups in total. The first-order chi connectivity index (χ1) is 9.31. The van der Waals surface area contributed by atoms with Crippen molar-refractivity contribution in [2.75, 3.05) is 5.32 Å². The van der Waals surface area contributed by atoms with Gasteiger partial charge in [-0.3, -0.25) is 4.79 Å². The van der Waals surface area contributed by atoms with Gasteiger partial charge in [0.15, 0.2) is 0 Å². The monoisotopic (exact) mass is 276 g/mol. The molecule has 0 aliphatic heterocycles. The van der Waals surface area contributed by atoms with Crippen LogP contribution >= 0.6 is 0 Å². The molecule has 1 rings (SSSR count). The van der Waals surface area contributed by atoms with Gasteiger partial charge in [-0.15, -0.1) is 0 Å². The van der Waals surface area contributed by atoms with Crippen LogP contribution in [0.2, 0.25) is 0 Å². The summed E-state index contributed by atoms with van der Waals surface area (Å²) in [4.78, 5) is 12.1. The summed E-state index contributed by atoms with van der Waals surface area (Å²) in [6.45, 7) is 8.56. The lowest BCUT2D eigenvalue weighted by atomic mass is 9.87. The molecule has 1 amide bonds. The Bertz CT molecular complexity index is 435. The zero-order valence-corrected chi connectivity index (χ0v) is 13.2. The molecule has 0 heterocycles. The average Bonchev–Trinajstić information content (AvgIpc) is 2.29. The molecular formula is C17H28N2O. The van der Waals surface area contributed by atoms with Crippen LogP contribution in [0.1, 0.15) is 52.5 Å². The van der Waals surface area contributed by atoms with Crippen molar-refractivity contribution < 1.29 is 4.79 Å². The zero-order valence-electron chi connectivity index (χ0n) is 13.2. The highest BCUT2D eigenvalue weighted by atomic mass is 16.1. The third-order valence-electron chi connectivity index (χ3n) is 3.13. The van der Waals surface area contributed by atoms with Gasteiger partial charge in [0.1, 0.15) is 0 Å². The third-order valence-corrected chi connectivity index (χ3v) is 3.13. The van der Waals surface area contributed by atoms with Gasteiger partial charge in [0.2, 0.25) is 5.91 Å². The molecule has 1 unspecified atom stereocenters. The van der Waals surface area contributed by atoms with Crippen molar-refractivity contribution in [1.29, 1.82) is 0 Å². The van der Waals surface area contributed by atoms with Crippen molar-refractivity contribution in [3.8, 4) is 0 Å². The maximum Gasteiger partial charge on any atom is 0.225 e. The number of hydrogen-bond acceptors (Lipinski definition) is 2. The fourth-order valence-electron chi connectivity index (χ4n) is 2.43. The molecule has 0 aromatic heterocycles. The van der Waals surface area contributed by atoms with Crippen LogP contribution in [-0.2, 0) is 11.2 Å². The number of benzene rings is 1. The van der Waals surface area contributed by atoms with E-state index in [1.54, 1.807) is 0 Å². The number of carbonyl (C=O) groups is 1. The Morgan fingerprint density at radius 1 is 1.30 bits per heavy atom. The summed E-state index contributed by atoms with van der Waals surface area (Å²) in [7, 11) is 0. The second kappa shape index (κ2) is 7.44. The summed E-state index contributed by atoms with van der Waals surface area (Å²) >= 11 is 0. The maximum absolute atomic E-state index is 12.1. The molecule has 3 nitrogen and oxygen atoms in total. The summed E-state index contributed by atoms with van der Waals surface area (Å²) in [5, 5.41) is 2.99. The molecule has 112 valence electrons. The second-order valence-electron chi connectivity index (χ2n) is 6.68. The lowest BCUT2D eigenvalue weighted by Crippen LogP contribution is -2.31. The van der Waals surface area contributed by atoms with Gasteiger partial charge >= 0.3 is 0 Å².